The molecule has 6 heteroatoms. The topological polar surface area (TPSA) is 80.1 Å². The van der Waals surface area contributed by atoms with E-state index in [4.69, 9.17) is 0 Å². The van der Waals surface area contributed by atoms with Crippen molar-refractivity contribution >= 4 is 22.1 Å². The normalized spacial score (nSPS) is 10.7. The van der Waals surface area contributed by atoms with Gasteiger partial charge in [0, 0.05) is 42.6 Å². The zero-order valence-corrected chi connectivity index (χ0v) is 11.4. The summed E-state index contributed by atoms with van der Waals surface area (Å²) >= 11 is 0. The number of fused-ring (bicyclic) bond motifs is 1. The lowest BCUT2D eigenvalue weighted by molar-refractivity contribution is -0.383. The van der Waals surface area contributed by atoms with E-state index >= 15 is 0 Å². The molecular weight excluding hydrogens is 256 g/mol. The molecule has 0 fully saturated rings. The molecule has 0 radical (unpaired) electrons. The lowest BCUT2D eigenvalue weighted by Crippen LogP contribution is -2.22. The first-order chi connectivity index (χ1) is 9.74. The van der Waals surface area contributed by atoms with Crippen LogP contribution in [0.5, 0.6) is 0 Å². The van der Waals surface area contributed by atoms with Gasteiger partial charge in [-0.3, -0.25) is 15.1 Å². The maximum Gasteiger partial charge on any atom is 0.277 e. The second-order valence-electron chi connectivity index (χ2n) is 4.49. The third kappa shape index (κ3) is 3.21. The molecule has 0 aliphatic heterocycles. The van der Waals surface area contributed by atoms with E-state index in [-0.39, 0.29) is 10.6 Å². The molecule has 0 amide bonds. The highest BCUT2D eigenvalue weighted by Gasteiger charge is 2.13. The van der Waals surface area contributed by atoms with Crippen molar-refractivity contribution in [2.24, 2.45) is 0 Å². The van der Waals surface area contributed by atoms with E-state index in [0.29, 0.717) is 5.39 Å². The van der Waals surface area contributed by atoms with E-state index < -0.39 is 0 Å². The number of aromatic nitrogens is 1. The van der Waals surface area contributed by atoms with Gasteiger partial charge in [0.2, 0.25) is 0 Å². The van der Waals surface area contributed by atoms with Crippen LogP contribution in [0.1, 0.15) is 13.3 Å². The molecule has 6 nitrogen and oxygen atoms in total. The maximum absolute atomic E-state index is 11.0. The van der Waals surface area contributed by atoms with Gasteiger partial charge in [0.15, 0.2) is 0 Å². The third-order valence-electron chi connectivity index (χ3n) is 3.04. The number of anilines is 1. The predicted molar refractivity (Wildman–Crippen MR) is 80.0 cm³/mol. The zero-order chi connectivity index (χ0) is 14.4. The van der Waals surface area contributed by atoms with Crippen LogP contribution in [-0.4, -0.2) is 29.5 Å². The fourth-order valence-corrected chi connectivity index (χ4v) is 2.07. The van der Waals surface area contributed by atoms with Crippen molar-refractivity contribution in [3.05, 3.63) is 40.7 Å². The molecule has 106 valence electrons. The number of rotatable bonds is 7. The lowest BCUT2D eigenvalue weighted by atomic mass is 10.1. The number of hydrogen-bond donors (Lipinski definition) is 2. The van der Waals surface area contributed by atoms with Crippen molar-refractivity contribution in [1.29, 1.82) is 0 Å². The Kier molecular flexibility index (Phi) is 4.84. The molecule has 1 aromatic carbocycles. The van der Waals surface area contributed by atoms with E-state index in [9.17, 15) is 10.1 Å². The van der Waals surface area contributed by atoms with E-state index in [1.807, 2.05) is 0 Å². The Morgan fingerprint density at radius 1 is 1.20 bits per heavy atom. The van der Waals surface area contributed by atoms with E-state index in [2.05, 4.69) is 22.5 Å². The Morgan fingerprint density at radius 2 is 2.05 bits per heavy atom. The molecule has 0 spiro atoms. The number of nitro groups is 1. The maximum atomic E-state index is 11.0. The van der Waals surface area contributed by atoms with E-state index in [0.717, 1.165) is 37.1 Å². The number of benzene rings is 1. The first-order valence-electron chi connectivity index (χ1n) is 6.69. The van der Waals surface area contributed by atoms with Crippen LogP contribution in [0.2, 0.25) is 0 Å². The molecule has 0 saturated heterocycles. The highest BCUT2D eigenvalue weighted by Crippen LogP contribution is 2.30. The summed E-state index contributed by atoms with van der Waals surface area (Å²) in [6.07, 6.45) is 4.33. The second kappa shape index (κ2) is 6.81. The molecule has 0 bridgehead atoms. The quantitative estimate of drug-likeness (QED) is 0.461. The molecule has 20 heavy (non-hydrogen) atoms. The minimum Gasteiger partial charge on any atom is -0.383 e. The molecule has 1 heterocycles. The molecule has 0 atom stereocenters. The number of hydrogen-bond acceptors (Lipinski definition) is 5. The lowest BCUT2D eigenvalue weighted by Gasteiger charge is -2.10. The SMILES string of the molecule is CCCNCCNc1ccc([N+](=O)[O-])c2ccncc12. The van der Waals surface area contributed by atoms with Crippen LogP contribution in [0.3, 0.4) is 0 Å². The first kappa shape index (κ1) is 14.2. The Balaban J connectivity index is 2.18. The summed E-state index contributed by atoms with van der Waals surface area (Å²) in [6.45, 7) is 4.73. The average Bonchev–Trinajstić information content (AvgIpc) is 2.46. The van der Waals surface area contributed by atoms with Gasteiger partial charge in [-0.25, -0.2) is 0 Å². The smallest absolute Gasteiger partial charge is 0.277 e. The monoisotopic (exact) mass is 274 g/mol. The van der Waals surface area contributed by atoms with E-state index in [1.54, 1.807) is 24.5 Å². The van der Waals surface area contributed by atoms with Crippen molar-refractivity contribution in [3.8, 4) is 0 Å². The van der Waals surface area contributed by atoms with Gasteiger partial charge in [-0.15, -0.1) is 0 Å². The highest BCUT2D eigenvalue weighted by atomic mass is 16.6. The molecular formula is C14H18N4O2. The fraction of sp³-hybridized carbons (Fsp3) is 0.357. The Bertz CT molecular complexity index is 601. The Morgan fingerprint density at radius 3 is 2.80 bits per heavy atom. The number of non-ortho nitro benzene ring substituents is 1. The molecule has 0 aliphatic carbocycles. The zero-order valence-electron chi connectivity index (χ0n) is 11.4. The predicted octanol–water partition coefficient (Wildman–Crippen LogP) is 2.55. The second-order valence-corrected chi connectivity index (χ2v) is 4.49. The highest BCUT2D eigenvalue weighted by molar-refractivity contribution is 5.99. The average molecular weight is 274 g/mol. The molecule has 0 saturated carbocycles. The van der Waals surface area contributed by atoms with Crippen LogP contribution < -0.4 is 10.6 Å². The van der Waals surface area contributed by atoms with Gasteiger partial charge in [-0.2, -0.15) is 0 Å². The van der Waals surface area contributed by atoms with Gasteiger partial charge in [-0.1, -0.05) is 6.92 Å². The van der Waals surface area contributed by atoms with Crippen LogP contribution in [-0.2, 0) is 0 Å². The largest absolute Gasteiger partial charge is 0.383 e. The van der Waals surface area contributed by atoms with Gasteiger partial charge < -0.3 is 10.6 Å². The number of nitrogens with one attached hydrogen (secondary N) is 2. The minimum absolute atomic E-state index is 0.108. The molecule has 2 rings (SSSR count). The van der Waals surface area contributed by atoms with Crippen LogP contribution in [0.15, 0.2) is 30.6 Å². The summed E-state index contributed by atoms with van der Waals surface area (Å²) in [6, 6.07) is 4.94. The van der Waals surface area contributed by atoms with Crippen LogP contribution in [0.25, 0.3) is 10.8 Å². The number of nitro benzene ring substituents is 1. The van der Waals surface area contributed by atoms with Crippen molar-refractivity contribution < 1.29 is 4.92 Å². The summed E-state index contributed by atoms with van der Waals surface area (Å²) < 4.78 is 0. The van der Waals surface area contributed by atoms with Crippen molar-refractivity contribution in [2.45, 2.75) is 13.3 Å². The van der Waals surface area contributed by atoms with Crippen LogP contribution in [0.4, 0.5) is 11.4 Å². The Labute approximate surface area is 117 Å². The van der Waals surface area contributed by atoms with Gasteiger partial charge in [-0.05, 0) is 25.1 Å². The molecule has 0 aliphatic rings. The van der Waals surface area contributed by atoms with Crippen LogP contribution >= 0.6 is 0 Å². The summed E-state index contributed by atoms with van der Waals surface area (Å²) in [5, 5.41) is 19.0. The Hall–Kier alpha value is -2.21. The molecule has 1 aromatic heterocycles. The molecule has 2 N–H and O–H groups in total. The standard InChI is InChI=1S/C14H18N4O2/c1-2-6-15-8-9-17-13-3-4-14(18(19)20)11-5-7-16-10-12(11)13/h3-5,7,10,15,17H,2,6,8-9H2,1H3. The van der Waals surface area contributed by atoms with E-state index in [1.165, 1.54) is 6.07 Å². The summed E-state index contributed by atoms with van der Waals surface area (Å²) in [7, 11) is 0. The summed E-state index contributed by atoms with van der Waals surface area (Å²) in [5.74, 6) is 0. The summed E-state index contributed by atoms with van der Waals surface area (Å²) in [5.41, 5.74) is 0.981. The van der Waals surface area contributed by atoms with Gasteiger partial charge >= 0.3 is 0 Å². The van der Waals surface area contributed by atoms with Crippen molar-refractivity contribution in [2.75, 3.05) is 25.0 Å². The number of pyridine rings is 1. The minimum atomic E-state index is -0.366. The van der Waals surface area contributed by atoms with Gasteiger partial charge in [0.1, 0.15) is 0 Å². The van der Waals surface area contributed by atoms with Crippen molar-refractivity contribution in [3.63, 3.8) is 0 Å². The molecule has 0 unspecified atom stereocenters. The summed E-state index contributed by atoms with van der Waals surface area (Å²) in [4.78, 5) is 14.7. The molecule has 2 aromatic rings. The fourth-order valence-electron chi connectivity index (χ4n) is 2.07. The first-order valence-corrected chi connectivity index (χ1v) is 6.69. The van der Waals surface area contributed by atoms with Crippen LogP contribution in [0, 0.1) is 10.1 Å². The van der Waals surface area contributed by atoms with Gasteiger partial charge in [0.05, 0.1) is 10.3 Å². The van der Waals surface area contributed by atoms with Crippen molar-refractivity contribution in [1.82, 2.24) is 10.3 Å². The third-order valence-corrected chi connectivity index (χ3v) is 3.04. The van der Waals surface area contributed by atoms with Gasteiger partial charge in [0.25, 0.3) is 5.69 Å². The number of nitrogens with zero attached hydrogens (tertiary/aromatic N) is 2.